The van der Waals surface area contributed by atoms with Crippen molar-refractivity contribution in [2.24, 2.45) is 5.92 Å². The van der Waals surface area contributed by atoms with Crippen molar-refractivity contribution < 1.29 is 28.2 Å². The van der Waals surface area contributed by atoms with Gasteiger partial charge < -0.3 is 23.5 Å². The maximum absolute atomic E-state index is 13.7. The summed E-state index contributed by atoms with van der Waals surface area (Å²) in [6.45, 7) is 17.1. The van der Waals surface area contributed by atoms with Crippen LogP contribution in [0.1, 0.15) is 97.3 Å². The number of thioether (sulfide) groups is 1. The molecule has 0 aromatic heterocycles. The number of ether oxygens (including phenoxy) is 3. The molecule has 4 atom stereocenters. The molecule has 2 fully saturated rings. The third kappa shape index (κ3) is 6.85. The topological polar surface area (TPSA) is 74.3 Å². The molecule has 0 bridgehead atoms. The van der Waals surface area contributed by atoms with E-state index in [1.165, 1.54) is 18.4 Å². The molecule has 0 N–H and O–H groups in total. The molecule has 2 aromatic rings. The fourth-order valence-corrected chi connectivity index (χ4v) is 16.8. The van der Waals surface area contributed by atoms with E-state index in [4.69, 9.17) is 18.6 Å². The minimum atomic E-state index is -2.23. The number of halogens is 1. The van der Waals surface area contributed by atoms with E-state index in [1.807, 2.05) is 28.8 Å². The summed E-state index contributed by atoms with van der Waals surface area (Å²) in [5, 5.41) is -0.0392. The van der Waals surface area contributed by atoms with Crippen molar-refractivity contribution in [3.05, 3.63) is 51.5 Å². The summed E-state index contributed by atoms with van der Waals surface area (Å²) in [7, 11) is -0.553. The number of amides is 1. The molecule has 0 radical (unpaired) electrons. The first-order valence-corrected chi connectivity index (χ1v) is 22.1. The highest BCUT2D eigenvalue weighted by molar-refractivity contribution is 9.10. The van der Waals surface area contributed by atoms with Gasteiger partial charge in [0.1, 0.15) is 33.6 Å². The molecule has 49 heavy (non-hydrogen) atoms. The van der Waals surface area contributed by atoms with Gasteiger partial charge in [-0.05, 0) is 87.1 Å². The van der Waals surface area contributed by atoms with Gasteiger partial charge in [0, 0.05) is 42.9 Å². The highest BCUT2D eigenvalue weighted by Gasteiger charge is 2.61. The van der Waals surface area contributed by atoms with Gasteiger partial charge in [0.2, 0.25) is 5.91 Å². The van der Waals surface area contributed by atoms with Crippen LogP contribution in [0.25, 0.3) is 0 Å². The van der Waals surface area contributed by atoms with Crippen molar-refractivity contribution in [3.8, 4) is 17.2 Å². The lowest BCUT2D eigenvalue weighted by Crippen LogP contribution is -2.56. The first-order valence-electron chi connectivity index (χ1n) is 18.1. The molecular weight excluding hydrogens is 718 g/mol. The Balaban J connectivity index is 1.45. The number of ketones is 1. The summed E-state index contributed by atoms with van der Waals surface area (Å²) in [6.07, 6.45) is 3.56. The zero-order chi connectivity index (χ0) is 35.2. The number of hydrogen-bond acceptors (Lipinski definition) is 7. The highest BCUT2D eigenvalue weighted by atomic mass is 79.9. The van der Waals surface area contributed by atoms with Crippen LogP contribution < -0.4 is 14.2 Å². The second-order valence-electron chi connectivity index (χ2n) is 15.7. The molecule has 2 unspecified atom stereocenters. The molecule has 2 saturated carbocycles. The largest absolute Gasteiger partial charge is 0.497 e. The zero-order valence-corrected chi connectivity index (χ0v) is 33.9. The minimum Gasteiger partial charge on any atom is -0.497 e. The summed E-state index contributed by atoms with van der Waals surface area (Å²) < 4.78 is 26.9. The van der Waals surface area contributed by atoms with Crippen LogP contribution in [0.2, 0.25) is 16.6 Å². The summed E-state index contributed by atoms with van der Waals surface area (Å²) >= 11 is 5.75. The number of benzene rings is 2. The number of carbonyl (C=O) groups excluding carboxylic acids is 2. The van der Waals surface area contributed by atoms with Crippen LogP contribution in [0.5, 0.6) is 17.2 Å². The van der Waals surface area contributed by atoms with E-state index in [1.54, 1.807) is 14.0 Å². The Hall–Kier alpha value is -2.01. The van der Waals surface area contributed by atoms with E-state index in [0.717, 1.165) is 38.6 Å². The molecule has 2 aromatic carbocycles. The van der Waals surface area contributed by atoms with E-state index in [9.17, 15) is 9.59 Å². The van der Waals surface area contributed by atoms with Gasteiger partial charge in [-0.1, -0.05) is 53.7 Å². The van der Waals surface area contributed by atoms with Gasteiger partial charge in [-0.25, -0.2) is 0 Å². The highest BCUT2D eigenvalue weighted by Crippen LogP contribution is 2.61. The maximum atomic E-state index is 13.7. The molecule has 268 valence electrons. The van der Waals surface area contributed by atoms with Gasteiger partial charge >= 0.3 is 0 Å². The lowest BCUT2D eigenvalue weighted by molar-refractivity contribution is -0.134. The molecule has 1 spiro atoms. The van der Waals surface area contributed by atoms with Gasteiger partial charge in [0.25, 0.3) is 0 Å². The normalized spacial score (nSPS) is 24.9. The van der Waals surface area contributed by atoms with Crippen molar-refractivity contribution in [2.75, 3.05) is 20.3 Å². The fourth-order valence-electron chi connectivity index (χ4n) is 9.25. The van der Waals surface area contributed by atoms with Gasteiger partial charge in [0.15, 0.2) is 8.32 Å². The molecule has 2 aliphatic heterocycles. The SMILES string of the molecule is COc1ccc(CS[C@@H]2CC(=O)CC3Oc4c(Br)c(OCC5CC5)cc5c4C32C[C@@H](CO[Si](C(C)C)(C(C)C)C(C)C)N(C(C)=O)C5)cc1. The number of Topliss-reactive ketones (excluding diaryl/α,β-unsaturated/α-hetero) is 1. The minimum absolute atomic E-state index is 0.0392. The molecule has 0 saturated heterocycles. The Morgan fingerprint density at radius 3 is 2.33 bits per heavy atom. The van der Waals surface area contributed by atoms with E-state index >= 15 is 0 Å². The first-order chi connectivity index (χ1) is 23.3. The molecule has 10 heteroatoms. The molecular formula is C39H54BrNO6SSi. The number of hydrogen-bond donors (Lipinski definition) is 0. The van der Waals surface area contributed by atoms with Crippen LogP contribution in [-0.4, -0.2) is 62.6 Å². The smallest absolute Gasteiger partial charge is 0.220 e. The van der Waals surface area contributed by atoms with Crippen LogP contribution in [-0.2, 0) is 31.7 Å². The first kappa shape index (κ1) is 36.8. The standard InChI is InChI=1S/C39H54BrNO6SSi/c1-23(2)49(24(3)4,25(5)6)46-21-30-18-39-34(16-31(43)17-35(39)48-22-28-11-13-32(44-8)14-12-28)47-38-36(39)29(19-41(30)26(7)42)15-33(37(38)40)45-20-27-9-10-27/h11-15,23-25,27,30,34-35H,9-10,16-22H2,1-8H3/t30-,34?,35+,39?/m0/s1. The molecule has 4 aliphatic rings. The summed E-state index contributed by atoms with van der Waals surface area (Å²) in [5.74, 6) is 3.99. The Morgan fingerprint density at radius 1 is 1.06 bits per heavy atom. The summed E-state index contributed by atoms with van der Waals surface area (Å²) in [6, 6.07) is 10.2. The van der Waals surface area contributed by atoms with Gasteiger partial charge in [-0.3, -0.25) is 9.59 Å². The van der Waals surface area contributed by atoms with Crippen molar-refractivity contribution in [1.82, 2.24) is 4.90 Å². The summed E-state index contributed by atoms with van der Waals surface area (Å²) in [5.41, 5.74) is 4.19. The van der Waals surface area contributed by atoms with Gasteiger partial charge in [-0.2, -0.15) is 11.8 Å². The second-order valence-corrected chi connectivity index (χ2v) is 23.1. The van der Waals surface area contributed by atoms with Crippen LogP contribution >= 0.6 is 27.7 Å². The number of nitrogens with zero attached hydrogens (tertiary/aromatic N) is 1. The van der Waals surface area contributed by atoms with E-state index < -0.39 is 13.7 Å². The lowest BCUT2D eigenvalue weighted by atomic mass is 9.64. The monoisotopic (exact) mass is 771 g/mol. The fraction of sp³-hybridized carbons (Fsp3) is 0.641. The van der Waals surface area contributed by atoms with Crippen molar-refractivity contribution in [3.63, 3.8) is 0 Å². The predicted molar refractivity (Wildman–Crippen MR) is 202 cm³/mol. The van der Waals surface area contributed by atoms with Crippen molar-refractivity contribution in [2.45, 2.75) is 132 Å². The third-order valence-corrected chi connectivity index (χ3v) is 20.1. The Kier molecular flexibility index (Phi) is 10.9. The molecule has 2 heterocycles. The molecule has 1 amide bonds. The van der Waals surface area contributed by atoms with E-state index in [2.05, 4.69) is 75.7 Å². The number of rotatable bonds is 13. The molecule has 2 aliphatic carbocycles. The lowest BCUT2D eigenvalue weighted by Gasteiger charge is -2.47. The van der Waals surface area contributed by atoms with Crippen molar-refractivity contribution in [1.29, 1.82) is 0 Å². The van der Waals surface area contributed by atoms with Gasteiger partial charge in [0.05, 0.1) is 31.8 Å². The van der Waals surface area contributed by atoms with E-state index in [0.29, 0.717) is 61.6 Å². The molecule has 7 nitrogen and oxygen atoms in total. The number of methoxy groups -OCH3 is 1. The van der Waals surface area contributed by atoms with Crippen molar-refractivity contribution >= 4 is 47.7 Å². The predicted octanol–water partition coefficient (Wildman–Crippen LogP) is 9.22. The van der Waals surface area contributed by atoms with Gasteiger partial charge in [-0.15, -0.1) is 0 Å². The molecule has 6 rings (SSSR count). The quantitative estimate of drug-likeness (QED) is 0.188. The average Bonchev–Trinajstić information content (AvgIpc) is 3.84. The Morgan fingerprint density at radius 2 is 1.73 bits per heavy atom. The second kappa shape index (κ2) is 14.5. The maximum Gasteiger partial charge on any atom is 0.220 e. The van der Waals surface area contributed by atoms with Crippen LogP contribution in [0.4, 0.5) is 0 Å². The van der Waals surface area contributed by atoms with E-state index in [-0.39, 0.29) is 29.1 Å². The zero-order valence-electron chi connectivity index (χ0n) is 30.5. The third-order valence-electron chi connectivity index (χ3n) is 11.7. The Labute approximate surface area is 306 Å². The van der Waals surface area contributed by atoms with Crippen LogP contribution in [0.15, 0.2) is 34.8 Å². The van der Waals surface area contributed by atoms with Crippen LogP contribution in [0.3, 0.4) is 0 Å². The summed E-state index contributed by atoms with van der Waals surface area (Å²) in [4.78, 5) is 29.3. The Bertz CT molecular complexity index is 1520. The number of carbonyl (C=O) groups is 2. The average molecular weight is 773 g/mol. The van der Waals surface area contributed by atoms with Crippen LogP contribution in [0, 0.1) is 5.92 Å².